The van der Waals surface area contributed by atoms with E-state index in [1.807, 2.05) is 14.1 Å². The smallest absolute Gasteiger partial charge is 0.191 e. The number of aromatic hydroxyl groups is 1. The minimum Gasteiger partial charge on any atom is -0.507 e. The van der Waals surface area contributed by atoms with Crippen LogP contribution in [0.25, 0.3) is 0 Å². The number of benzene rings is 1. The number of nitrogens with zero attached hydrogens (tertiary/aromatic N) is 1. The number of rotatable bonds is 3. The molecule has 0 bridgehead atoms. The molecular weight excluding hydrogens is 202 g/mol. The van der Waals surface area contributed by atoms with Gasteiger partial charge < -0.3 is 10.0 Å². The molecule has 0 unspecified atom stereocenters. The van der Waals surface area contributed by atoms with Crippen molar-refractivity contribution in [3.63, 3.8) is 0 Å². The topological polar surface area (TPSA) is 40.5 Å². The van der Waals surface area contributed by atoms with Crippen LogP contribution in [0.5, 0.6) is 5.75 Å². The maximum absolute atomic E-state index is 11.7. The number of ketones is 1. The zero-order valence-corrected chi connectivity index (χ0v) is 9.27. The minimum absolute atomic E-state index is 0.0626. The summed E-state index contributed by atoms with van der Waals surface area (Å²) < 4.78 is 0. The van der Waals surface area contributed by atoms with Gasteiger partial charge in [0.15, 0.2) is 5.78 Å². The molecule has 0 radical (unpaired) electrons. The zero-order valence-electron chi connectivity index (χ0n) is 9.27. The molecule has 0 aliphatic carbocycles. The largest absolute Gasteiger partial charge is 0.507 e. The lowest BCUT2D eigenvalue weighted by molar-refractivity contribution is 0.104. The van der Waals surface area contributed by atoms with Crippen molar-refractivity contribution < 1.29 is 9.90 Å². The van der Waals surface area contributed by atoms with Gasteiger partial charge in [-0.3, -0.25) is 4.79 Å². The van der Waals surface area contributed by atoms with Crippen LogP contribution >= 0.6 is 0 Å². The van der Waals surface area contributed by atoms with Gasteiger partial charge in [0.25, 0.3) is 0 Å². The summed E-state index contributed by atoms with van der Waals surface area (Å²) in [5.41, 5.74) is 0.785. The van der Waals surface area contributed by atoms with Crippen LogP contribution in [-0.2, 0) is 0 Å². The van der Waals surface area contributed by atoms with Gasteiger partial charge in [0, 0.05) is 31.9 Å². The molecule has 82 valence electrons. The molecule has 0 saturated carbocycles. The maximum atomic E-state index is 11.7. The highest BCUT2D eigenvalue weighted by atomic mass is 16.3. The molecule has 0 aliphatic heterocycles. The number of hydrogen-bond acceptors (Lipinski definition) is 3. The minimum atomic E-state index is -0.275. The summed E-state index contributed by atoms with van der Waals surface area (Å²) in [4.78, 5) is 13.4. The van der Waals surface area contributed by atoms with Crippen LogP contribution in [0.4, 0.5) is 0 Å². The van der Waals surface area contributed by atoms with E-state index in [2.05, 4.69) is 5.92 Å². The second-order valence-corrected chi connectivity index (χ2v) is 3.52. The van der Waals surface area contributed by atoms with Crippen molar-refractivity contribution in [3.05, 3.63) is 41.6 Å². The summed E-state index contributed by atoms with van der Waals surface area (Å²) in [6.07, 6.45) is 8.22. The monoisotopic (exact) mass is 215 g/mol. The van der Waals surface area contributed by atoms with E-state index < -0.39 is 0 Å². The fraction of sp³-hybridized carbons (Fsp3) is 0.154. The number of terminal acetylenes is 1. The number of carbonyl (C=O) groups excluding carboxylic acids is 1. The highest BCUT2D eigenvalue weighted by Gasteiger charge is 2.08. The Morgan fingerprint density at radius 2 is 2.19 bits per heavy atom. The Hall–Kier alpha value is -2.21. The summed E-state index contributed by atoms with van der Waals surface area (Å²) in [6.45, 7) is 0. The fourth-order valence-corrected chi connectivity index (χ4v) is 1.13. The average molecular weight is 215 g/mol. The Morgan fingerprint density at radius 1 is 1.50 bits per heavy atom. The molecule has 1 N–H and O–H groups in total. The summed E-state index contributed by atoms with van der Waals surface area (Å²) in [5, 5.41) is 9.53. The van der Waals surface area contributed by atoms with Gasteiger partial charge in [0.2, 0.25) is 0 Å². The van der Waals surface area contributed by atoms with Crippen LogP contribution < -0.4 is 0 Å². The van der Waals surface area contributed by atoms with Crippen molar-refractivity contribution in [1.29, 1.82) is 0 Å². The highest BCUT2D eigenvalue weighted by molar-refractivity contribution is 6.06. The molecule has 0 saturated heterocycles. The molecule has 1 rings (SSSR count). The summed E-state index contributed by atoms with van der Waals surface area (Å²) >= 11 is 0. The molecule has 3 nitrogen and oxygen atoms in total. The first-order valence-corrected chi connectivity index (χ1v) is 4.73. The molecule has 1 aromatic carbocycles. The second kappa shape index (κ2) is 5.04. The molecule has 16 heavy (non-hydrogen) atoms. The molecule has 3 heteroatoms. The second-order valence-electron chi connectivity index (χ2n) is 3.52. The zero-order chi connectivity index (χ0) is 12.1. The Bertz CT molecular complexity index is 467. The normalized spacial score (nSPS) is 10.1. The van der Waals surface area contributed by atoms with Crippen LogP contribution in [0.15, 0.2) is 30.5 Å². The fourth-order valence-electron chi connectivity index (χ4n) is 1.13. The van der Waals surface area contributed by atoms with Crippen molar-refractivity contribution in [2.75, 3.05) is 14.1 Å². The first kappa shape index (κ1) is 11.9. The number of allylic oxidation sites excluding steroid dienone is 1. The van der Waals surface area contributed by atoms with Gasteiger partial charge in [0.1, 0.15) is 5.75 Å². The summed E-state index contributed by atoms with van der Waals surface area (Å²) in [5.74, 6) is 2.08. The number of phenols is 1. The van der Waals surface area contributed by atoms with Gasteiger partial charge in [-0.25, -0.2) is 0 Å². The van der Waals surface area contributed by atoms with Crippen LogP contribution in [0.1, 0.15) is 15.9 Å². The molecular formula is C13H13NO2. The molecule has 1 aromatic rings. The average Bonchev–Trinajstić information content (AvgIpc) is 2.26. The van der Waals surface area contributed by atoms with Gasteiger partial charge in [-0.2, -0.15) is 0 Å². The van der Waals surface area contributed by atoms with E-state index in [9.17, 15) is 9.90 Å². The van der Waals surface area contributed by atoms with E-state index in [4.69, 9.17) is 6.42 Å². The van der Waals surface area contributed by atoms with Crippen molar-refractivity contribution >= 4 is 5.78 Å². The van der Waals surface area contributed by atoms with Gasteiger partial charge >= 0.3 is 0 Å². The lowest BCUT2D eigenvalue weighted by atomic mass is 10.1. The first-order chi connectivity index (χ1) is 7.54. The Morgan fingerprint density at radius 3 is 2.75 bits per heavy atom. The van der Waals surface area contributed by atoms with Gasteiger partial charge in [0.05, 0.1) is 5.56 Å². The van der Waals surface area contributed by atoms with Crippen LogP contribution in [0, 0.1) is 12.3 Å². The van der Waals surface area contributed by atoms with Gasteiger partial charge in [-0.15, -0.1) is 6.42 Å². The van der Waals surface area contributed by atoms with E-state index in [0.717, 1.165) is 0 Å². The van der Waals surface area contributed by atoms with Gasteiger partial charge in [-0.1, -0.05) is 5.92 Å². The summed E-state index contributed by atoms with van der Waals surface area (Å²) in [7, 11) is 3.61. The molecule has 0 aromatic heterocycles. The molecule has 0 aliphatic rings. The Kier molecular flexibility index (Phi) is 3.73. The van der Waals surface area contributed by atoms with E-state index in [-0.39, 0.29) is 17.1 Å². The quantitative estimate of drug-likeness (QED) is 0.473. The van der Waals surface area contributed by atoms with Crippen molar-refractivity contribution in [2.45, 2.75) is 0 Å². The highest BCUT2D eigenvalue weighted by Crippen LogP contribution is 2.19. The molecule has 0 heterocycles. The van der Waals surface area contributed by atoms with Crippen molar-refractivity contribution in [1.82, 2.24) is 4.90 Å². The van der Waals surface area contributed by atoms with Crippen LogP contribution in [0.2, 0.25) is 0 Å². The molecule has 0 fully saturated rings. The van der Waals surface area contributed by atoms with Crippen molar-refractivity contribution in [2.24, 2.45) is 0 Å². The Balaban J connectivity index is 3.04. The Labute approximate surface area is 95.0 Å². The first-order valence-electron chi connectivity index (χ1n) is 4.73. The van der Waals surface area contributed by atoms with E-state index in [1.54, 1.807) is 17.2 Å². The molecule has 0 spiro atoms. The molecule has 0 atom stereocenters. The third kappa shape index (κ3) is 2.89. The summed E-state index contributed by atoms with van der Waals surface area (Å²) in [6, 6.07) is 4.51. The SMILES string of the molecule is C#Cc1ccc(O)c(C(=O)/C=C/N(C)C)c1. The predicted molar refractivity (Wildman–Crippen MR) is 63.2 cm³/mol. The lowest BCUT2D eigenvalue weighted by Gasteiger charge is -2.04. The van der Waals surface area contributed by atoms with Crippen LogP contribution in [0.3, 0.4) is 0 Å². The van der Waals surface area contributed by atoms with Crippen molar-refractivity contribution in [3.8, 4) is 18.1 Å². The van der Waals surface area contributed by atoms with Crippen LogP contribution in [-0.4, -0.2) is 29.9 Å². The third-order valence-corrected chi connectivity index (χ3v) is 1.95. The number of hydrogen-bond donors (Lipinski definition) is 1. The standard InChI is InChI=1S/C13H13NO2/c1-4-10-5-6-12(15)11(9-10)13(16)7-8-14(2)3/h1,5-9,15H,2-3H3/b8-7+. The predicted octanol–water partition coefficient (Wildman–Crippen LogP) is 1.63. The number of carbonyl (C=O) groups is 1. The van der Waals surface area contributed by atoms with E-state index in [1.165, 1.54) is 18.2 Å². The van der Waals surface area contributed by atoms with E-state index >= 15 is 0 Å². The number of phenolic OH excluding ortho intramolecular Hbond substituents is 1. The molecule has 0 amide bonds. The maximum Gasteiger partial charge on any atom is 0.191 e. The third-order valence-electron chi connectivity index (χ3n) is 1.95. The lowest BCUT2D eigenvalue weighted by Crippen LogP contribution is -2.03. The van der Waals surface area contributed by atoms with Gasteiger partial charge in [-0.05, 0) is 18.2 Å². The van der Waals surface area contributed by atoms with E-state index in [0.29, 0.717) is 5.56 Å².